The Morgan fingerprint density at radius 2 is 1.65 bits per heavy atom. The molecule has 0 atom stereocenters. The standard InChI is InChI=1S/C25H19BrClN3O4/c1-2-33-21-13-11-20(12-14-21)30-24(17-3-7-18(26)8-4-17)28-23(29-30)25(32)34-15-22(31)16-5-9-19(27)10-6-16/h3-14H,2,15H2,1H3. The van der Waals surface area contributed by atoms with Crippen LogP contribution in [-0.4, -0.2) is 39.7 Å². The maximum absolute atomic E-state index is 12.7. The third-order valence-electron chi connectivity index (χ3n) is 4.78. The van der Waals surface area contributed by atoms with Crippen molar-refractivity contribution in [1.82, 2.24) is 14.8 Å². The second-order valence-electron chi connectivity index (χ2n) is 7.11. The Balaban J connectivity index is 1.60. The van der Waals surface area contributed by atoms with E-state index >= 15 is 0 Å². The Hall–Kier alpha value is -3.49. The molecule has 9 heteroatoms. The lowest BCUT2D eigenvalue weighted by Crippen LogP contribution is -2.15. The molecule has 0 saturated carbocycles. The number of carbonyl (C=O) groups excluding carboxylic acids is 2. The zero-order chi connectivity index (χ0) is 24.1. The van der Waals surface area contributed by atoms with Gasteiger partial charge < -0.3 is 9.47 Å². The predicted octanol–water partition coefficient (Wildman–Crippen LogP) is 5.79. The van der Waals surface area contributed by atoms with E-state index in [0.29, 0.717) is 28.7 Å². The lowest BCUT2D eigenvalue weighted by molar-refractivity contribution is 0.0462. The summed E-state index contributed by atoms with van der Waals surface area (Å²) in [6, 6.07) is 21.1. The number of rotatable bonds is 8. The Kier molecular flexibility index (Phi) is 7.40. The fourth-order valence-electron chi connectivity index (χ4n) is 3.13. The van der Waals surface area contributed by atoms with Gasteiger partial charge in [-0.1, -0.05) is 39.7 Å². The van der Waals surface area contributed by atoms with Crippen molar-refractivity contribution in [2.75, 3.05) is 13.2 Å². The molecule has 0 unspecified atom stereocenters. The smallest absolute Gasteiger partial charge is 0.378 e. The number of hydrogen-bond donors (Lipinski definition) is 0. The summed E-state index contributed by atoms with van der Waals surface area (Å²) in [5.74, 6) is -0.144. The van der Waals surface area contributed by atoms with Gasteiger partial charge in [-0.05, 0) is 67.6 Å². The highest BCUT2D eigenvalue weighted by Gasteiger charge is 2.21. The molecular formula is C25H19BrClN3O4. The van der Waals surface area contributed by atoms with Crippen molar-refractivity contribution in [3.05, 3.63) is 93.7 Å². The zero-order valence-corrected chi connectivity index (χ0v) is 20.4. The van der Waals surface area contributed by atoms with Crippen LogP contribution >= 0.6 is 27.5 Å². The number of ether oxygens (including phenoxy) is 2. The van der Waals surface area contributed by atoms with Gasteiger partial charge in [0, 0.05) is 20.6 Å². The summed E-state index contributed by atoms with van der Waals surface area (Å²) in [4.78, 5) is 29.4. The van der Waals surface area contributed by atoms with E-state index in [9.17, 15) is 9.59 Å². The molecule has 1 heterocycles. The zero-order valence-electron chi connectivity index (χ0n) is 18.1. The van der Waals surface area contributed by atoms with Crippen molar-refractivity contribution in [1.29, 1.82) is 0 Å². The molecule has 0 radical (unpaired) electrons. The van der Waals surface area contributed by atoms with Gasteiger partial charge in [0.1, 0.15) is 5.75 Å². The van der Waals surface area contributed by atoms with E-state index in [4.69, 9.17) is 21.1 Å². The van der Waals surface area contributed by atoms with Gasteiger partial charge in [-0.3, -0.25) is 4.79 Å². The number of aromatic nitrogens is 3. The molecular weight excluding hydrogens is 522 g/mol. The quantitative estimate of drug-likeness (QED) is 0.208. The predicted molar refractivity (Wildman–Crippen MR) is 132 cm³/mol. The van der Waals surface area contributed by atoms with Crippen molar-refractivity contribution in [2.45, 2.75) is 6.92 Å². The molecule has 7 nitrogen and oxygen atoms in total. The molecule has 3 aromatic carbocycles. The number of nitrogens with zero attached hydrogens (tertiary/aromatic N) is 3. The monoisotopic (exact) mass is 539 g/mol. The molecule has 0 fully saturated rings. The molecule has 0 N–H and O–H groups in total. The van der Waals surface area contributed by atoms with Gasteiger partial charge in [0.05, 0.1) is 12.3 Å². The largest absolute Gasteiger partial charge is 0.494 e. The van der Waals surface area contributed by atoms with Gasteiger partial charge in [0.15, 0.2) is 18.2 Å². The first-order valence-corrected chi connectivity index (χ1v) is 11.5. The van der Waals surface area contributed by atoms with Crippen LogP contribution < -0.4 is 4.74 Å². The highest BCUT2D eigenvalue weighted by molar-refractivity contribution is 9.10. The normalized spacial score (nSPS) is 10.7. The van der Waals surface area contributed by atoms with E-state index in [-0.39, 0.29) is 11.6 Å². The van der Waals surface area contributed by atoms with Gasteiger partial charge in [0.25, 0.3) is 5.82 Å². The first kappa shape index (κ1) is 23.7. The highest BCUT2D eigenvalue weighted by Crippen LogP contribution is 2.25. The van der Waals surface area contributed by atoms with Gasteiger partial charge in [-0.15, -0.1) is 5.10 Å². The van der Waals surface area contributed by atoms with Crippen molar-refractivity contribution in [3.8, 4) is 22.8 Å². The van der Waals surface area contributed by atoms with Crippen molar-refractivity contribution >= 4 is 39.3 Å². The SMILES string of the molecule is CCOc1ccc(-n2nc(C(=O)OCC(=O)c3ccc(Cl)cc3)nc2-c2ccc(Br)cc2)cc1. The van der Waals surface area contributed by atoms with Crippen LogP contribution in [0.15, 0.2) is 77.3 Å². The molecule has 34 heavy (non-hydrogen) atoms. The minimum Gasteiger partial charge on any atom is -0.494 e. The maximum Gasteiger partial charge on any atom is 0.378 e. The van der Waals surface area contributed by atoms with Gasteiger partial charge in [0.2, 0.25) is 0 Å². The van der Waals surface area contributed by atoms with Crippen LogP contribution in [0.3, 0.4) is 0 Å². The number of Topliss-reactive ketones (excluding diaryl/α,β-unsaturated/α-hetero) is 1. The van der Waals surface area contributed by atoms with Crippen molar-refractivity contribution in [3.63, 3.8) is 0 Å². The molecule has 0 saturated heterocycles. The second kappa shape index (κ2) is 10.6. The number of carbonyl (C=O) groups is 2. The van der Waals surface area contributed by atoms with Crippen LogP contribution in [0, 0.1) is 0 Å². The Morgan fingerprint density at radius 3 is 2.29 bits per heavy atom. The van der Waals surface area contributed by atoms with Crippen molar-refractivity contribution in [2.24, 2.45) is 0 Å². The van der Waals surface area contributed by atoms with Crippen LogP contribution in [0.2, 0.25) is 5.02 Å². The fraction of sp³-hybridized carbons (Fsp3) is 0.120. The maximum atomic E-state index is 12.7. The average molecular weight is 541 g/mol. The molecule has 0 spiro atoms. The first-order valence-electron chi connectivity index (χ1n) is 10.4. The molecule has 0 aliphatic heterocycles. The van der Waals surface area contributed by atoms with E-state index in [2.05, 4.69) is 26.0 Å². The first-order chi connectivity index (χ1) is 16.4. The molecule has 4 rings (SSSR count). The number of benzene rings is 3. The highest BCUT2D eigenvalue weighted by atomic mass is 79.9. The Labute approximate surface area is 209 Å². The summed E-state index contributed by atoms with van der Waals surface area (Å²) in [6.07, 6.45) is 0. The van der Waals surface area contributed by atoms with E-state index < -0.39 is 12.6 Å². The number of halogens is 2. The average Bonchev–Trinajstić information content (AvgIpc) is 3.29. The van der Waals surface area contributed by atoms with Gasteiger partial charge >= 0.3 is 5.97 Å². The van der Waals surface area contributed by atoms with Gasteiger partial charge in [-0.25, -0.2) is 14.5 Å². The minimum atomic E-state index is -0.801. The molecule has 0 bridgehead atoms. The topological polar surface area (TPSA) is 83.3 Å². The molecule has 1 aromatic heterocycles. The lowest BCUT2D eigenvalue weighted by atomic mass is 10.1. The molecule has 0 amide bonds. The summed E-state index contributed by atoms with van der Waals surface area (Å²) in [5, 5.41) is 4.88. The van der Waals surface area contributed by atoms with Crippen LogP contribution in [0.5, 0.6) is 5.75 Å². The minimum absolute atomic E-state index is 0.157. The lowest BCUT2D eigenvalue weighted by Gasteiger charge is -2.08. The van der Waals surface area contributed by atoms with Crippen LogP contribution in [0.25, 0.3) is 17.1 Å². The third-order valence-corrected chi connectivity index (χ3v) is 5.57. The summed E-state index contributed by atoms with van der Waals surface area (Å²) < 4.78 is 13.2. The fourth-order valence-corrected chi connectivity index (χ4v) is 3.52. The molecule has 172 valence electrons. The summed E-state index contributed by atoms with van der Waals surface area (Å²) >= 11 is 9.27. The van der Waals surface area contributed by atoms with Crippen LogP contribution in [-0.2, 0) is 4.74 Å². The van der Waals surface area contributed by atoms with E-state index in [1.54, 1.807) is 28.9 Å². The number of ketones is 1. The van der Waals surface area contributed by atoms with E-state index in [0.717, 1.165) is 15.8 Å². The summed E-state index contributed by atoms with van der Waals surface area (Å²) in [6.45, 7) is 2.02. The van der Waals surface area contributed by atoms with E-state index in [1.165, 1.54) is 0 Å². The second-order valence-corrected chi connectivity index (χ2v) is 8.46. The van der Waals surface area contributed by atoms with E-state index in [1.807, 2.05) is 55.5 Å². The Morgan fingerprint density at radius 1 is 0.971 bits per heavy atom. The molecule has 0 aliphatic carbocycles. The molecule has 0 aliphatic rings. The number of esters is 1. The third kappa shape index (κ3) is 5.52. The van der Waals surface area contributed by atoms with Gasteiger partial charge in [-0.2, -0.15) is 0 Å². The Bertz CT molecular complexity index is 1300. The molecule has 4 aromatic rings. The van der Waals surface area contributed by atoms with Crippen molar-refractivity contribution < 1.29 is 19.1 Å². The number of hydrogen-bond acceptors (Lipinski definition) is 6. The summed E-state index contributed by atoms with van der Waals surface area (Å²) in [5.41, 5.74) is 1.83. The van der Waals surface area contributed by atoms with Crippen LogP contribution in [0.1, 0.15) is 27.9 Å². The van der Waals surface area contributed by atoms with Crippen LogP contribution in [0.4, 0.5) is 0 Å². The summed E-state index contributed by atoms with van der Waals surface area (Å²) in [7, 11) is 0.